The smallest absolute Gasteiger partial charge is 0.347 e. The van der Waals surface area contributed by atoms with Crippen LogP contribution in [0.4, 0.5) is 5.69 Å². The first-order valence-electron chi connectivity index (χ1n) is 7.31. The number of carbonyl (C=O) groups is 1. The molecular weight excluding hydrogens is 312 g/mol. The predicted octanol–water partition coefficient (Wildman–Crippen LogP) is 3.01. The van der Waals surface area contributed by atoms with Crippen LogP contribution in [0.15, 0.2) is 35.3 Å². The van der Waals surface area contributed by atoms with Gasteiger partial charge in [-0.15, -0.1) is 10.0 Å². The molecule has 0 atom stereocenters. The van der Waals surface area contributed by atoms with E-state index in [4.69, 9.17) is 9.47 Å². The first-order chi connectivity index (χ1) is 11.3. The van der Waals surface area contributed by atoms with Gasteiger partial charge in [-0.05, 0) is 42.8 Å². The summed E-state index contributed by atoms with van der Waals surface area (Å²) < 4.78 is 12.3. The molecule has 0 saturated heterocycles. The van der Waals surface area contributed by atoms with Gasteiger partial charge in [0, 0.05) is 13.8 Å². The Morgan fingerprint density at radius 3 is 2.58 bits per heavy atom. The Balaban J connectivity index is 2.00. The van der Waals surface area contributed by atoms with Gasteiger partial charge in [0.1, 0.15) is 22.7 Å². The Labute approximate surface area is 138 Å². The van der Waals surface area contributed by atoms with Crippen LogP contribution in [0.25, 0.3) is 11.3 Å². The molecule has 2 aromatic rings. The highest BCUT2D eigenvalue weighted by Gasteiger charge is 2.36. The lowest BCUT2D eigenvalue weighted by molar-refractivity contribution is -0.202. The molecule has 3 rings (SSSR count). The van der Waals surface area contributed by atoms with E-state index < -0.39 is 11.8 Å². The third kappa shape index (κ3) is 2.78. The van der Waals surface area contributed by atoms with E-state index in [0.717, 1.165) is 11.3 Å². The molecule has 0 bridgehead atoms. The zero-order chi connectivity index (χ0) is 17.5. The van der Waals surface area contributed by atoms with Crippen LogP contribution in [0.1, 0.15) is 32.0 Å². The van der Waals surface area contributed by atoms with Crippen molar-refractivity contribution in [1.29, 1.82) is 0 Å². The minimum atomic E-state index is -1.01. The maximum atomic E-state index is 12.2. The number of carbonyl (C=O) groups excluding carboxylic acids is 1. The summed E-state index contributed by atoms with van der Waals surface area (Å²) in [4.78, 5) is 22.8. The van der Waals surface area contributed by atoms with E-state index in [1.807, 2.05) is 6.92 Å². The normalized spacial score (nSPS) is 16.6. The summed E-state index contributed by atoms with van der Waals surface area (Å²) >= 11 is 0. The minimum absolute atomic E-state index is 0.240. The highest BCUT2D eigenvalue weighted by Crippen LogP contribution is 2.31. The summed E-state index contributed by atoms with van der Waals surface area (Å²) in [5.74, 6) is -1.08. The van der Waals surface area contributed by atoms with Crippen LogP contribution in [0.5, 0.6) is 0 Å². The number of rotatable bonds is 3. The van der Waals surface area contributed by atoms with Crippen molar-refractivity contribution in [3.63, 3.8) is 0 Å². The van der Waals surface area contributed by atoms with Crippen LogP contribution in [0.3, 0.4) is 0 Å². The lowest BCUT2D eigenvalue weighted by Crippen LogP contribution is -2.35. The second-order valence-corrected chi connectivity index (χ2v) is 5.93. The highest BCUT2D eigenvalue weighted by atomic mass is 16.7. The molecular formula is C16H16N4O4. The third-order valence-electron chi connectivity index (χ3n) is 3.58. The molecule has 0 spiro atoms. The summed E-state index contributed by atoms with van der Waals surface area (Å²) in [5, 5.41) is 11.0. The van der Waals surface area contributed by atoms with Gasteiger partial charge in [0.25, 0.3) is 0 Å². The summed E-state index contributed by atoms with van der Waals surface area (Å²) in [5.41, 5.74) is 2.46. The van der Waals surface area contributed by atoms with Gasteiger partial charge in [0.05, 0.1) is 11.9 Å². The van der Waals surface area contributed by atoms with Gasteiger partial charge >= 0.3 is 5.97 Å². The van der Waals surface area contributed by atoms with Crippen molar-refractivity contribution in [1.82, 2.24) is 15.0 Å². The number of nitroso groups, excluding NO2 is 1. The van der Waals surface area contributed by atoms with E-state index in [-0.39, 0.29) is 5.57 Å². The van der Waals surface area contributed by atoms with Gasteiger partial charge in [0.15, 0.2) is 0 Å². The van der Waals surface area contributed by atoms with Crippen LogP contribution in [-0.4, -0.2) is 26.8 Å². The van der Waals surface area contributed by atoms with Crippen LogP contribution < -0.4 is 0 Å². The zero-order valence-corrected chi connectivity index (χ0v) is 13.7. The van der Waals surface area contributed by atoms with E-state index in [1.54, 1.807) is 45.2 Å². The number of cyclic esters (lactones) is 1. The van der Waals surface area contributed by atoms with Gasteiger partial charge < -0.3 is 9.47 Å². The minimum Gasteiger partial charge on any atom is -0.456 e. The van der Waals surface area contributed by atoms with E-state index in [2.05, 4.69) is 15.5 Å². The van der Waals surface area contributed by atoms with E-state index >= 15 is 0 Å². The van der Waals surface area contributed by atoms with Crippen molar-refractivity contribution in [2.24, 2.45) is 5.18 Å². The second kappa shape index (κ2) is 5.55. The van der Waals surface area contributed by atoms with Crippen LogP contribution in [0, 0.1) is 11.8 Å². The van der Waals surface area contributed by atoms with E-state index in [9.17, 15) is 9.70 Å². The molecule has 0 aliphatic carbocycles. The predicted molar refractivity (Wildman–Crippen MR) is 85.4 cm³/mol. The number of nitrogens with zero attached hydrogens (tertiary/aromatic N) is 4. The lowest BCUT2D eigenvalue weighted by Gasteiger charge is -2.31. The average molecular weight is 328 g/mol. The molecule has 124 valence electrons. The van der Waals surface area contributed by atoms with Crippen molar-refractivity contribution in [3.8, 4) is 5.69 Å². The number of ether oxygens (including phenoxy) is 2. The summed E-state index contributed by atoms with van der Waals surface area (Å²) in [6.45, 7) is 6.84. The van der Waals surface area contributed by atoms with Gasteiger partial charge in [-0.2, -0.15) is 0 Å². The molecule has 1 aromatic heterocycles. The van der Waals surface area contributed by atoms with Gasteiger partial charge in [0.2, 0.25) is 5.79 Å². The van der Waals surface area contributed by atoms with Crippen molar-refractivity contribution in [2.75, 3.05) is 0 Å². The molecule has 1 aliphatic heterocycles. The first kappa shape index (κ1) is 15.9. The Morgan fingerprint density at radius 2 is 1.96 bits per heavy atom. The number of aryl methyl sites for hydroxylation is 1. The number of hydrogen-bond acceptors (Lipinski definition) is 7. The van der Waals surface area contributed by atoms with Crippen molar-refractivity contribution in [3.05, 3.63) is 46.3 Å². The summed E-state index contributed by atoms with van der Waals surface area (Å²) in [6, 6.07) is 4.95. The Hall–Kier alpha value is -3.03. The van der Waals surface area contributed by atoms with Crippen molar-refractivity contribution >= 4 is 17.2 Å². The number of hydrogen-bond donors (Lipinski definition) is 0. The number of allylic oxidation sites excluding steroid dienone is 1. The molecule has 0 unspecified atom stereocenters. The topological polar surface area (TPSA) is 95.7 Å². The molecule has 0 N–H and O–H groups in total. The van der Waals surface area contributed by atoms with Crippen LogP contribution in [-0.2, 0) is 14.3 Å². The number of aromatic nitrogens is 3. The molecule has 0 saturated carbocycles. The fraction of sp³-hybridized carbons (Fsp3) is 0.312. The summed E-state index contributed by atoms with van der Waals surface area (Å²) in [6.07, 6.45) is 1.61. The molecule has 1 aromatic carbocycles. The molecule has 1 aliphatic rings. The molecule has 0 radical (unpaired) electrons. The maximum Gasteiger partial charge on any atom is 0.347 e. The Kier molecular flexibility index (Phi) is 3.67. The zero-order valence-electron chi connectivity index (χ0n) is 13.7. The molecule has 24 heavy (non-hydrogen) atoms. The third-order valence-corrected chi connectivity index (χ3v) is 3.58. The fourth-order valence-electron chi connectivity index (χ4n) is 2.59. The average Bonchev–Trinajstić information content (AvgIpc) is 2.94. The Bertz CT molecular complexity index is 867. The standard InChI is InChI=1S/C16H16N4O4/c1-9-7-11(18-22)5-6-13(9)20-8-12(17-19-20)14-10(2)23-16(3,4)24-15(14)21/h5-8H,1-4H3. The Morgan fingerprint density at radius 1 is 1.21 bits per heavy atom. The van der Waals surface area contributed by atoms with Crippen molar-refractivity contribution in [2.45, 2.75) is 33.5 Å². The molecule has 2 heterocycles. The van der Waals surface area contributed by atoms with Gasteiger partial charge in [-0.25, -0.2) is 9.48 Å². The van der Waals surface area contributed by atoms with Gasteiger partial charge in [-0.1, -0.05) is 5.21 Å². The first-order valence-corrected chi connectivity index (χ1v) is 7.31. The largest absolute Gasteiger partial charge is 0.456 e. The molecule has 0 fully saturated rings. The van der Waals surface area contributed by atoms with E-state index in [0.29, 0.717) is 17.1 Å². The second-order valence-electron chi connectivity index (χ2n) is 5.93. The summed E-state index contributed by atoms with van der Waals surface area (Å²) in [7, 11) is 0. The SMILES string of the molecule is CC1=C(c2cn(-c3ccc(N=O)cc3C)nn2)C(=O)OC(C)(C)O1. The molecule has 8 heteroatoms. The lowest BCUT2D eigenvalue weighted by atomic mass is 10.1. The monoisotopic (exact) mass is 328 g/mol. The molecule has 0 amide bonds. The van der Waals surface area contributed by atoms with Crippen LogP contribution >= 0.6 is 0 Å². The highest BCUT2D eigenvalue weighted by molar-refractivity contribution is 6.16. The van der Waals surface area contributed by atoms with Crippen LogP contribution in [0.2, 0.25) is 0 Å². The van der Waals surface area contributed by atoms with E-state index in [1.165, 1.54) is 4.68 Å². The number of esters is 1. The quantitative estimate of drug-likeness (QED) is 0.635. The fourth-order valence-corrected chi connectivity index (χ4v) is 2.59. The molecule has 8 nitrogen and oxygen atoms in total. The van der Waals surface area contributed by atoms with Crippen molar-refractivity contribution < 1.29 is 14.3 Å². The maximum absolute atomic E-state index is 12.2. The number of benzene rings is 1. The van der Waals surface area contributed by atoms with Gasteiger partial charge in [-0.3, -0.25) is 0 Å².